The average molecular weight is 187 g/mol. The van der Waals surface area contributed by atoms with E-state index < -0.39 is 0 Å². The summed E-state index contributed by atoms with van der Waals surface area (Å²) in [4.78, 5) is 10.2. The van der Waals surface area contributed by atoms with Crippen molar-refractivity contribution in [3.8, 4) is 5.69 Å². The van der Waals surface area contributed by atoms with Crippen molar-refractivity contribution >= 4 is 12.1 Å². The summed E-state index contributed by atoms with van der Waals surface area (Å²) in [6.45, 7) is 0. The van der Waals surface area contributed by atoms with Crippen molar-refractivity contribution in [3.63, 3.8) is 0 Å². The summed E-state index contributed by atoms with van der Waals surface area (Å²) in [5.74, 6) is 0. The largest absolute Gasteiger partial charge is 0.326 e. The molecule has 1 N–H and O–H groups in total. The molecule has 0 unspecified atom stereocenters. The van der Waals surface area contributed by atoms with E-state index in [0.717, 1.165) is 5.69 Å². The van der Waals surface area contributed by atoms with E-state index in [1.165, 1.54) is 0 Å². The lowest BCUT2D eigenvalue weighted by Gasteiger charge is -1.98. The van der Waals surface area contributed by atoms with Gasteiger partial charge in [-0.1, -0.05) is 18.2 Å². The molecule has 2 aromatic rings. The summed E-state index contributed by atoms with van der Waals surface area (Å²) >= 11 is 0. The van der Waals surface area contributed by atoms with Gasteiger partial charge in [0, 0.05) is 0 Å². The third-order valence-corrected chi connectivity index (χ3v) is 1.83. The van der Waals surface area contributed by atoms with Crippen molar-refractivity contribution in [2.24, 2.45) is 0 Å². The fraction of sp³-hybridized carbons (Fsp3) is 0. The minimum Gasteiger partial charge on any atom is -0.326 e. The Kier molecular flexibility index (Phi) is 2.27. The second-order valence-electron chi connectivity index (χ2n) is 2.77. The molecule has 70 valence electrons. The molecule has 14 heavy (non-hydrogen) atoms. The smallest absolute Gasteiger partial charge is 0.211 e. The van der Waals surface area contributed by atoms with Crippen molar-refractivity contribution in [3.05, 3.63) is 42.7 Å². The third kappa shape index (κ3) is 1.64. The average Bonchev–Trinajstić information content (AvgIpc) is 2.68. The highest BCUT2D eigenvalue weighted by molar-refractivity contribution is 5.70. The van der Waals surface area contributed by atoms with E-state index >= 15 is 0 Å². The Morgan fingerprint density at radius 2 is 2.07 bits per heavy atom. The molecule has 0 saturated carbocycles. The van der Waals surface area contributed by atoms with Crippen LogP contribution in [0, 0.1) is 0 Å². The van der Waals surface area contributed by atoms with Gasteiger partial charge in [-0.3, -0.25) is 4.79 Å². The Labute approximate surface area is 81.2 Å². The molecule has 0 aliphatic rings. The molecule has 0 fully saturated rings. The number of nitrogens with zero attached hydrogens (tertiary/aromatic N) is 2. The molecule has 1 aromatic heterocycles. The van der Waals surface area contributed by atoms with E-state index in [1.807, 2.05) is 30.3 Å². The SMILES string of the molecule is O=CNc1cnn(-c2ccccc2)c1. The van der Waals surface area contributed by atoms with Crippen LogP contribution in [0.5, 0.6) is 0 Å². The number of carbonyl (C=O) groups excluding carboxylic acids is 1. The van der Waals surface area contributed by atoms with Crippen molar-refractivity contribution in [1.29, 1.82) is 0 Å². The number of anilines is 1. The molecule has 4 nitrogen and oxygen atoms in total. The van der Waals surface area contributed by atoms with Crippen LogP contribution in [0.1, 0.15) is 0 Å². The van der Waals surface area contributed by atoms with Crippen LogP contribution in [0.25, 0.3) is 5.69 Å². The molecule has 0 bridgehead atoms. The zero-order valence-electron chi connectivity index (χ0n) is 7.42. The second-order valence-corrected chi connectivity index (χ2v) is 2.77. The maximum atomic E-state index is 10.2. The van der Waals surface area contributed by atoms with Crippen LogP contribution in [0.2, 0.25) is 0 Å². The van der Waals surface area contributed by atoms with Crippen LogP contribution in [-0.2, 0) is 4.79 Å². The van der Waals surface area contributed by atoms with Gasteiger partial charge in [-0.15, -0.1) is 0 Å². The summed E-state index contributed by atoms with van der Waals surface area (Å²) in [5.41, 5.74) is 1.65. The highest BCUT2D eigenvalue weighted by Gasteiger charge is 1.98. The molecule has 1 heterocycles. The number of amides is 1. The van der Waals surface area contributed by atoms with E-state index in [-0.39, 0.29) is 0 Å². The van der Waals surface area contributed by atoms with Crippen LogP contribution in [-0.4, -0.2) is 16.2 Å². The minimum atomic E-state index is 0.631. The van der Waals surface area contributed by atoms with Crippen LogP contribution in [0.3, 0.4) is 0 Å². The molecule has 1 aromatic carbocycles. The van der Waals surface area contributed by atoms with Gasteiger partial charge in [0.05, 0.1) is 23.8 Å². The Morgan fingerprint density at radius 3 is 2.79 bits per heavy atom. The zero-order chi connectivity index (χ0) is 9.80. The van der Waals surface area contributed by atoms with Gasteiger partial charge in [-0.25, -0.2) is 4.68 Å². The van der Waals surface area contributed by atoms with Crippen molar-refractivity contribution < 1.29 is 4.79 Å². The number of nitrogens with one attached hydrogen (secondary N) is 1. The van der Waals surface area contributed by atoms with Gasteiger partial charge in [0.15, 0.2) is 0 Å². The summed E-state index contributed by atoms with van der Waals surface area (Å²) in [7, 11) is 0. The lowest BCUT2D eigenvalue weighted by molar-refractivity contribution is -0.105. The number of benzene rings is 1. The molecule has 0 radical (unpaired) electrons. The van der Waals surface area contributed by atoms with Gasteiger partial charge in [-0.2, -0.15) is 5.10 Å². The monoisotopic (exact) mass is 187 g/mol. The maximum absolute atomic E-state index is 10.2. The van der Waals surface area contributed by atoms with E-state index in [4.69, 9.17) is 0 Å². The summed E-state index contributed by atoms with van der Waals surface area (Å²) in [5, 5.41) is 6.63. The molecule has 0 aliphatic heterocycles. The lowest BCUT2D eigenvalue weighted by atomic mass is 10.3. The number of carbonyl (C=O) groups is 1. The minimum absolute atomic E-state index is 0.631. The molecule has 1 amide bonds. The normalized spacial score (nSPS) is 9.71. The molecule has 0 aliphatic carbocycles. The van der Waals surface area contributed by atoms with Crippen LogP contribution >= 0.6 is 0 Å². The molecule has 2 rings (SSSR count). The van der Waals surface area contributed by atoms with Gasteiger partial charge < -0.3 is 5.32 Å². The van der Waals surface area contributed by atoms with Crippen LogP contribution in [0.4, 0.5) is 5.69 Å². The van der Waals surface area contributed by atoms with E-state index in [1.54, 1.807) is 17.1 Å². The number of para-hydroxylation sites is 1. The van der Waals surface area contributed by atoms with Crippen molar-refractivity contribution in [2.45, 2.75) is 0 Å². The highest BCUT2D eigenvalue weighted by atomic mass is 16.1. The van der Waals surface area contributed by atoms with Gasteiger partial charge in [-0.05, 0) is 12.1 Å². The van der Waals surface area contributed by atoms with E-state index in [2.05, 4.69) is 10.4 Å². The maximum Gasteiger partial charge on any atom is 0.211 e. The first-order valence-electron chi connectivity index (χ1n) is 4.20. The van der Waals surface area contributed by atoms with Crippen molar-refractivity contribution in [2.75, 3.05) is 5.32 Å². The highest BCUT2D eigenvalue weighted by Crippen LogP contribution is 2.09. The first-order chi connectivity index (χ1) is 6.90. The van der Waals surface area contributed by atoms with Gasteiger partial charge in [0.2, 0.25) is 6.41 Å². The van der Waals surface area contributed by atoms with E-state index in [9.17, 15) is 4.79 Å². The van der Waals surface area contributed by atoms with Crippen molar-refractivity contribution in [1.82, 2.24) is 9.78 Å². The Hall–Kier alpha value is -2.10. The molecule has 0 saturated heterocycles. The summed E-state index contributed by atoms with van der Waals surface area (Å²) in [6, 6.07) is 9.70. The second kappa shape index (κ2) is 3.74. The number of rotatable bonds is 3. The standard InChI is InChI=1S/C10H9N3O/c14-8-11-9-6-12-13(7-9)10-4-2-1-3-5-10/h1-8H,(H,11,14). The number of hydrogen-bond acceptors (Lipinski definition) is 2. The Morgan fingerprint density at radius 1 is 1.29 bits per heavy atom. The van der Waals surface area contributed by atoms with Gasteiger partial charge in [0.1, 0.15) is 0 Å². The Balaban J connectivity index is 2.29. The zero-order valence-corrected chi connectivity index (χ0v) is 7.42. The van der Waals surface area contributed by atoms with Crippen LogP contribution < -0.4 is 5.32 Å². The molecule has 0 atom stereocenters. The molecular formula is C10H9N3O. The molecule has 4 heteroatoms. The summed E-state index contributed by atoms with van der Waals surface area (Å²) in [6.07, 6.45) is 3.98. The fourth-order valence-corrected chi connectivity index (χ4v) is 1.19. The van der Waals surface area contributed by atoms with Crippen LogP contribution in [0.15, 0.2) is 42.7 Å². The Bertz CT molecular complexity index is 422. The topological polar surface area (TPSA) is 46.9 Å². The quantitative estimate of drug-likeness (QED) is 0.739. The predicted octanol–water partition coefficient (Wildman–Crippen LogP) is 1.44. The fourth-order valence-electron chi connectivity index (χ4n) is 1.19. The predicted molar refractivity (Wildman–Crippen MR) is 53.3 cm³/mol. The lowest BCUT2D eigenvalue weighted by Crippen LogP contribution is -1.93. The molecule has 0 spiro atoms. The summed E-state index contributed by atoms with van der Waals surface area (Å²) < 4.78 is 1.70. The first kappa shape index (κ1) is 8.50. The van der Waals surface area contributed by atoms with Gasteiger partial charge >= 0.3 is 0 Å². The first-order valence-corrected chi connectivity index (χ1v) is 4.20. The number of hydrogen-bond donors (Lipinski definition) is 1. The third-order valence-electron chi connectivity index (χ3n) is 1.83. The van der Waals surface area contributed by atoms with Gasteiger partial charge in [0.25, 0.3) is 0 Å². The number of aromatic nitrogens is 2. The molecular weight excluding hydrogens is 178 g/mol. The van der Waals surface area contributed by atoms with E-state index in [0.29, 0.717) is 12.1 Å².